The number of fused-ring (bicyclic) bond motifs is 1. The summed E-state index contributed by atoms with van der Waals surface area (Å²) in [5, 5.41) is 0. The summed E-state index contributed by atoms with van der Waals surface area (Å²) in [4.78, 5) is 41.3. The molecule has 0 amide bonds. The first-order valence-corrected chi connectivity index (χ1v) is 7.75. The number of Topliss-reactive ketones (excluding diaryl/α,β-unsaturated/α-hetero) is 1. The van der Waals surface area contributed by atoms with Crippen LogP contribution < -0.4 is 20.7 Å². The van der Waals surface area contributed by atoms with E-state index in [1.165, 1.54) is 43.8 Å². The van der Waals surface area contributed by atoms with E-state index in [0.717, 1.165) is 4.57 Å². The Hall–Kier alpha value is -3.36. The van der Waals surface area contributed by atoms with Crippen LogP contribution in [-0.2, 0) is 20.6 Å². The molecule has 9 nitrogen and oxygen atoms in total. The minimum Gasteiger partial charge on any atom is -0.497 e. The smallest absolute Gasteiger partial charge is 0.332 e. The number of imidazole rings is 1. The van der Waals surface area contributed by atoms with E-state index in [4.69, 9.17) is 9.47 Å². The number of aryl methyl sites for hydroxylation is 1. The Labute approximate surface area is 148 Å². The number of rotatable bonds is 5. The van der Waals surface area contributed by atoms with Gasteiger partial charge in [0.1, 0.15) is 11.5 Å². The summed E-state index contributed by atoms with van der Waals surface area (Å²) in [6, 6.07) is 4.91. The third-order valence-corrected chi connectivity index (χ3v) is 4.24. The van der Waals surface area contributed by atoms with E-state index in [9.17, 15) is 14.4 Å². The van der Waals surface area contributed by atoms with Crippen LogP contribution >= 0.6 is 0 Å². The molecule has 0 fully saturated rings. The Bertz CT molecular complexity index is 1120. The number of hydrogen-bond acceptors (Lipinski definition) is 6. The maximum atomic E-state index is 12.8. The van der Waals surface area contributed by atoms with Crippen LogP contribution in [0.1, 0.15) is 10.4 Å². The Morgan fingerprint density at radius 3 is 2.50 bits per heavy atom. The van der Waals surface area contributed by atoms with Crippen LogP contribution in [0.25, 0.3) is 11.2 Å². The monoisotopic (exact) mass is 358 g/mol. The molecule has 0 radical (unpaired) electrons. The maximum Gasteiger partial charge on any atom is 0.332 e. The molecule has 2 aromatic heterocycles. The SMILES string of the molecule is COc1ccc(OC)c(C(=O)Cn2cnc3c2c(=O)n(C)c(=O)n3C)c1. The number of aromatic nitrogens is 4. The van der Waals surface area contributed by atoms with Gasteiger partial charge in [0, 0.05) is 14.1 Å². The second-order valence-corrected chi connectivity index (χ2v) is 5.74. The highest BCUT2D eigenvalue weighted by Crippen LogP contribution is 2.25. The van der Waals surface area contributed by atoms with Crippen LogP contribution in [0.5, 0.6) is 11.5 Å². The highest BCUT2D eigenvalue weighted by Gasteiger charge is 2.19. The fourth-order valence-corrected chi connectivity index (χ4v) is 2.79. The van der Waals surface area contributed by atoms with Gasteiger partial charge in [-0.3, -0.25) is 18.7 Å². The van der Waals surface area contributed by atoms with Crippen LogP contribution in [0, 0.1) is 0 Å². The van der Waals surface area contributed by atoms with Gasteiger partial charge in [-0.1, -0.05) is 0 Å². The van der Waals surface area contributed by atoms with Gasteiger partial charge in [0.25, 0.3) is 5.56 Å². The van der Waals surface area contributed by atoms with Gasteiger partial charge >= 0.3 is 5.69 Å². The predicted molar refractivity (Wildman–Crippen MR) is 94.1 cm³/mol. The maximum absolute atomic E-state index is 12.8. The molecule has 0 spiro atoms. The van der Waals surface area contributed by atoms with Gasteiger partial charge in [0.15, 0.2) is 16.9 Å². The minimum atomic E-state index is -0.508. The molecule has 0 aliphatic rings. The van der Waals surface area contributed by atoms with E-state index in [1.54, 1.807) is 18.2 Å². The van der Waals surface area contributed by atoms with E-state index in [2.05, 4.69) is 4.98 Å². The summed E-state index contributed by atoms with van der Waals surface area (Å²) < 4.78 is 14.1. The number of hydrogen-bond donors (Lipinski definition) is 0. The van der Waals surface area contributed by atoms with Crippen molar-refractivity contribution in [3.63, 3.8) is 0 Å². The molecule has 2 heterocycles. The molecule has 0 aliphatic heterocycles. The van der Waals surface area contributed by atoms with E-state index >= 15 is 0 Å². The average Bonchev–Trinajstić information content (AvgIpc) is 3.07. The third kappa shape index (κ3) is 2.67. The molecule has 9 heteroatoms. The standard InChI is InChI=1S/C17H18N4O5/c1-19-15-14(16(23)20(2)17(19)24)21(9-18-15)8-12(22)11-7-10(25-3)5-6-13(11)26-4/h5-7,9H,8H2,1-4H3. The minimum absolute atomic E-state index is 0.131. The summed E-state index contributed by atoms with van der Waals surface area (Å²) >= 11 is 0. The van der Waals surface area contributed by atoms with Crippen molar-refractivity contribution in [1.29, 1.82) is 0 Å². The second-order valence-electron chi connectivity index (χ2n) is 5.74. The summed E-state index contributed by atoms with van der Waals surface area (Å²) in [5.74, 6) is 0.638. The lowest BCUT2D eigenvalue weighted by atomic mass is 10.1. The lowest BCUT2D eigenvalue weighted by Crippen LogP contribution is -2.37. The number of methoxy groups -OCH3 is 2. The van der Waals surface area contributed by atoms with Crippen LogP contribution in [0.4, 0.5) is 0 Å². The van der Waals surface area contributed by atoms with Crippen molar-refractivity contribution in [3.8, 4) is 11.5 Å². The lowest BCUT2D eigenvalue weighted by Gasteiger charge is -2.10. The van der Waals surface area contributed by atoms with Crippen molar-refractivity contribution in [2.45, 2.75) is 6.54 Å². The van der Waals surface area contributed by atoms with Crippen molar-refractivity contribution >= 4 is 16.9 Å². The van der Waals surface area contributed by atoms with Crippen molar-refractivity contribution < 1.29 is 14.3 Å². The molecule has 0 unspecified atom stereocenters. The number of benzene rings is 1. The molecule has 0 N–H and O–H groups in total. The predicted octanol–water partition coefficient (Wildman–Crippen LogP) is 0.334. The number of carbonyl (C=O) groups is 1. The molecule has 26 heavy (non-hydrogen) atoms. The fourth-order valence-electron chi connectivity index (χ4n) is 2.79. The summed E-state index contributed by atoms with van der Waals surface area (Å²) in [5.41, 5.74) is -0.247. The molecule has 1 aromatic carbocycles. The highest BCUT2D eigenvalue weighted by molar-refractivity contribution is 5.99. The molecule has 0 saturated carbocycles. The third-order valence-electron chi connectivity index (χ3n) is 4.24. The fraction of sp³-hybridized carbons (Fsp3) is 0.294. The van der Waals surface area contributed by atoms with Crippen molar-refractivity contribution in [3.05, 3.63) is 50.9 Å². The molecular weight excluding hydrogens is 340 g/mol. The Kier molecular flexibility index (Phi) is 4.37. The van der Waals surface area contributed by atoms with E-state index < -0.39 is 11.2 Å². The summed E-state index contributed by atoms with van der Waals surface area (Å²) in [7, 11) is 5.88. The van der Waals surface area contributed by atoms with Crippen molar-refractivity contribution in [2.24, 2.45) is 14.1 Å². The van der Waals surface area contributed by atoms with Crippen molar-refractivity contribution in [2.75, 3.05) is 14.2 Å². The van der Waals surface area contributed by atoms with E-state index in [0.29, 0.717) is 17.1 Å². The second kappa shape index (κ2) is 6.51. The largest absolute Gasteiger partial charge is 0.497 e. The summed E-state index contributed by atoms with van der Waals surface area (Å²) in [6.45, 7) is -0.131. The Morgan fingerprint density at radius 1 is 1.12 bits per heavy atom. The summed E-state index contributed by atoms with van der Waals surface area (Å²) in [6.07, 6.45) is 1.37. The van der Waals surface area contributed by atoms with Gasteiger partial charge in [0.05, 0.1) is 32.7 Å². The number of nitrogens with zero attached hydrogens (tertiary/aromatic N) is 4. The first kappa shape index (κ1) is 17.5. The van der Waals surface area contributed by atoms with Crippen molar-refractivity contribution in [1.82, 2.24) is 18.7 Å². The highest BCUT2D eigenvalue weighted by atomic mass is 16.5. The van der Waals surface area contributed by atoms with Gasteiger partial charge < -0.3 is 14.0 Å². The van der Waals surface area contributed by atoms with E-state index in [-0.39, 0.29) is 23.5 Å². The van der Waals surface area contributed by atoms with Gasteiger partial charge in [-0.25, -0.2) is 9.78 Å². The van der Waals surface area contributed by atoms with Crippen LogP contribution in [0.15, 0.2) is 34.1 Å². The molecule has 3 aromatic rings. The zero-order chi connectivity index (χ0) is 19.0. The lowest BCUT2D eigenvalue weighted by molar-refractivity contribution is 0.0970. The quantitative estimate of drug-likeness (QED) is 0.610. The zero-order valence-electron chi connectivity index (χ0n) is 14.8. The van der Waals surface area contributed by atoms with Gasteiger partial charge in [0.2, 0.25) is 0 Å². The first-order valence-electron chi connectivity index (χ1n) is 7.75. The number of ketones is 1. The molecular formula is C17H18N4O5. The Morgan fingerprint density at radius 2 is 1.85 bits per heavy atom. The number of carbonyl (C=O) groups excluding carboxylic acids is 1. The van der Waals surface area contributed by atoms with Gasteiger partial charge in [-0.15, -0.1) is 0 Å². The molecule has 0 bridgehead atoms. The van der Waals surface area contributed by atoms with E-state index in [1.807, 2.05) is 0 Å². The van der Waals surface area contributed by atoms with Gasteiger partial charge in [-0.05, 0) is 18.2 Å². The van der Waals surface area contributed by atoms with Crippen LogP contribution in [0.3, 0.4) is 0 Å². The first-order chi connectivity index (χ1) is 12.4. The zero-order valence-corrected chi connectivity index (χ0v) is 14.8. The Balaban J connectivity index is 2.09. The average molecular weight is 358 g/mol. The molecule has 0 saturated heterocycles. The van der Waals surface area contributed by atoms with Crippen LogP contribution in [-0.4, -0.2) is 38.7 Å². The normalized spacial score (nSPS) is 10.9. The molecule has 3 rings (SSSR count). The molecule has 0 aliphatic carbocycles. The van der Waals surface area contributed by atoms with Gasteiger partial charge in [-0.2, -0.15) is 0 Å². The van der Waals surface area contributed by atoms with Crippen LogP contribution in [0.2, 0.25) is 0 Å². The molecule has 136 valence electrons. The topological polar surface area (TPSA) is 97.3 Å². The molecule has 0 atom stereocenters. The number of ether oxygens (including phenoxy) is 2.